The quantitative estimate of drug-likeness (QED) is 0.859. The molecule has 1 heterocycles. The van der Waals surface area contributed by atoms with Crippen LogP contribution in [0, 0.1) is 3.57 Å². The van der Waals surface area contributed by atoms with E-state index >= 15 is 0 Å². The number of halogens is 1. The second kappa shape index (κ2) is 5.27. The Morgan fingerprint density at radius 2 is 2.13 bits per heavy atom. The van der Waals surface area contributed by atoms with Gasteiger partial charge in [0.05, 0.1) is 0 Å². The van der Waals surface area contributed by atoms with Crippen LogP contribution in [0.3, 0.4) is 0 Å². The van der Waals surface area contributed by atoms with Gasteiger partial charge in [-0.3, -0.25) is 4.90 Å². The van der Waals surface area contributed by atoms with Crippen molar-refractivity contribution in [3.63, 3.8) is 0 Å². The number of hydrogen-bond donors (Lipinski definition) is 1. The van der Waals surface area contributed by atoms with E-state index in [4.69, 9.17) is 0 Å². The van der Waals surface area contributed by atoms with Gasteiger partial charge in [0.15, 0.2) is 0 Å². The van der Waals surface area contributed by atoms with E-state index in [1.807, 2.05) is 0 Å². The van der Waals surface area contributed by atoms with Gasteiger partial charge in [-0.2, -0.15) is 0 Å². The number of benzene rings is 1. The molecule has 2 rings (SSSR count). The van der Waals surface area contributed by atoms with Crippen molar-refractivity contribution in [3.8, 4) is 0 Å². The Balaban J connectivity index is 1.92. The zero-order chi connectivity index (χ0) is 10.7. The van der Waals surface area contributed by atoms with Crippen LogP contribution < -0.4 is 5.32 Å². The third-order valence-electron chi connectivity index (χ3n) is 3.00. The minimum atomic E-state index is 0.712. The summed E-state index contributed by atoms with van der Waals surface area (Å²) in [6.45, 7) is 3.37. The summed E-state index contributed by atoms with van der Waals surface area (Å²) in [4.78, 5) is 2.45. The standard InChI is InChI=1S/C12H17IN2/c1-15(12-6-7-14-8-12)9-10-2-4-11(13)5-3-10/h2-5,12,14H,6-9H2,1H3. The maximum Gasteiger partial charge on any atom is 0.0234 e. The summed E-state index contributed by atoms with van der Waals surface area (Å²) in [5, 5.41) is 3.41. The second-order valence-electron chi connectivity index (χ2n) is 4.19. The monoisotopic (exact) mass is 316 g/mol. The Labute approximate surface area is 105 Å². The first-order valence-corrected chi connectivity index (χ1v) is 6.49. The maximum absolute atomic E-state index is 3.41. The summed E-state index contributed by atoms with van der Waals surface area (Å²) in [5.74, 6) is 0. The van der Waals surface area contributed by atoms with Gasteiger partial charge in [0.25, 0.3) is 0 Å². The van der Waals surface area contributed by atoms with E-state index in [0.717, 1.165) is 13.1 Å². The third kappa shape index (κ3) is 3.16. The number of nitrogens with one attached hydrogen (secondary N) is 1. The average Bonchev–Trinajstić information content (AvgIpc) is 2.74. The highest BCUT2D eigenvalue weighted by Gasteiger charge is 2.18. The SMILES string of the molecule is CN(Cc1ccc(I)cc1)C1CCNC1. The predicted octanol–water partition coefficient (Wildman–Crippen LogP) is 2.08. The van der Waals surface area contributed by atoms with Crippen molar-refractivity contribution in [2.75, 3.05) is 20.1 Å². The fraction of sp³-hybridized carbons (Fsp3) is 0.500. The molecule has 0 saturated carbocycles. The highest BCUT2D eigenvalue weighted by atomic mass is 127. The van der Waals surface area contributed by atoms with Crippen LogP contribution in [-0.2, 0) is 6.54 Å². The van der Waals surface area contributed by atoms with Gasteiger partial charge in [-0.15, -0.1) is 0 Å². The molecule has 1 N–H and O–H groups in total. The summed E-state index contributed by atoms with van der Waals surface area (Å²) in [5.41, 5.74) is 1.41. The lowest BCUT2D eigenvalue weighted by Crippen LogP contribution is -2.32. The van der Waals surface area contributed by atoms with E-state index in [1.165, 1.54) is 22.1 Å². The van der Waals surface area contributed by atoms with Crippen LogP contribution in [0.25, 0.3) is 0 Å². The Morgan fingerprint density at radius 1 is 1.40 bits per heavy atom. The van der Waals surface area contributed by atoms with Gasteiger partial charge < -0.3 is 5.32 Å². The molecule has 1 aromatic carbocycles. The molecule has 2 nitrogen and oxygen atoms in total. The Kier molecular flexibility index (Phi) is 3.99. The molecule has 0 bridgehead atoms. The lowest BCUT2D eigenvalue weighted by atomic mass is 10.1. The van der Waals surface area contributed by atoms with Gasteiger partial charge in [-0.1, -0.05) is 12.1 Å². The third-order valence-corrected chi connectivity index (χ3v) is 3.72. The first-order valence-electron chi connectivity index (χ1n) is 5.41. The molecule has 1 aromatic rings. The van der Waals surface area contributed by atoms with Crippen LogP contribution in [0.4, 0.5) is 0 Å². The molecule has 0 amide bonds. The van der Waals surface area contributed by atoms with Gasteiger partial charge in [-0.05, 0) is 60.3 Å². The van der Waals surface area contributed by atoms with Gasteiger partial charge >= 0.3 is 0 Å². The number of hydrogen-bond acceptors (Lipinski definition) is 2. The van der Waals surface area contributed by atoms with Gasteiger partial charge in [0.1, 0.15) is 0 Å². The minimum Gasteiger partial charge on any atom is -0.315 e. The van der Waals surface area contributed by atoms with Crippen LogP contribution in [0.2, 0.25) is 0 Å². The first kappa shape index (κ1) is 11.4. The van der Waals surface area contributed by atoms with Gasteiger partial charge in [-0.25, -0.2) is 0 Å². The van der Waals surface area contributed by atoms with Gasteiger partial charge in [0.2, 0.25) is 0 Å². The zero-order valence-electron chi connectivity index (χ0n) is 9.04. The predicted molar refractivity (Wildman–Crippen MR) is 71.9 cm³/mol. The molecule has 0 aromatic heterocycles. The number of rotatable bonds is 3. The molecule has 0 radical (unpaired) electrons. The highest BCUT2D eigenvalue weighted by molar-refractivity contribution is 14.1. The summed E-state index contributed by atoms with van der Waals surface area (Å²) in [6.07, 6.45) is 1.28. The van der Waals surface area contributed by atoms with Crippen molar-refractivity contribution in [1.82, 2.24) is 10.2 Å². The molecule has 3 heteroatoms. The molecular formula is C12H17IN2. The summed E-state index contributed by atoms with van der Waals surface area (Å²) >= 11 is 2.34. The van der Waals surface area contributed by atoms with Crippen molar-refractivity contribution in [2.24, 2.45) is 0 Å². The lowest BCUT2D eigenvalue weighted by molar-refractivity contribution is 0.249. The van der Waals surface area contributed by atoms with Crippen molar-refractivity contribution < 1.29 is 0 Å². The molecule has 82 valence electrons. The van der Waals surface area contributed by atoms with E-state index < -0.39 is 0 Å². The van der Waals surface area contributed by atoms with Crippen LogP contribution in [0.5, 0.6) is 0 Å². The highest BCUT2D eigenvalue weighted by Crippen LogP contribution is 2.12. The van der Waals surface area contributed by atoms with Crippen LogP contribution in [0.1, 0.15) is 12.0 Å². The largest absolute Gasteiger partial charge is 0.315 e. The summed E-state index contributed by atoms with van der Waals surface area (Å²) < 4.78 is 1.31. The normalized spacial score (nSPS) is 21.1. The topological polar surface area (TPSA) is 15.3 Å². The van der Waals surface area contributed by atoms with Crippen LogP contribution >= 0.6 is 22.6 Å². The van der Waals surface area contributed by atoms with E-state index in [-0.39, 0.29) is 0 Å². The van der Waals surface area contributed by atoms with E-state index in [9.17, 15) is 0 Å². The van der Waals surface area contributed by atoms with Crippen molar-refractivity contribution in [3.05, 3.63) is 33.4 Å². The average molecular weight is 316 g/mol. The fourth-order valence-corrected chi connectivity index (χ4v) is 2.38. The molecule has 1 aliphatic rings. The van der Waals surface area contributed by atoms with Crippen molar-refractivity contribution >= 4 is 22.6 Å². The Morgan fingerprint density at radius 3 is 2.73 bits per heavy atom. The molecule has 1 aliphatic heterocycles. The molecule has 15 heavy (non-hydrogen) atoms. The smallest absolute Gasteiger partial charge is 0.0234 e. The molecule has 1 unspecified atom stereocenters. The second-order valence-corrected chi connectivity index (χ2v) is 5.43. The molecule has 0 spiro atoms. The number of nitrogens with zero attached hydrogens (tertiary/aromatic N) is 1. The van der Waals surface area contributed by atoms with E-state index in [0.29, 0.717) is 6.04 Å². The van der Waals surface area contributed by atoms with E-state index in [2.05, 4.69) is 64.1 Å². The fourth-order valence-electron chi connectivity index (χ4n) is 2.02. The molecule has 0 aliphatic carbocycles. The van der Waals surface area contributed by atoms with Gasteiger partial charge in [0, 0.05) is 22.7 Å². The van der Waals surface area contributed by atoms with Crippen molar-refractivity contribution in [2.45, 2.75) is 19.0 Å². The summed E-state index contributed by atoms with van der Waals surface area (Å²) in [7, 11) is 2.22. The van der Waals surface area contributed by atoms with Crippen molar-refractivity contribution in [1.29, 1.82) is 0 Å². The molecular weight excluding hydrogens is 299 g/mol. The van der Waals surface area contributed by atoms with Crippen LogP contribution in [-0.4, -0.2) is 31.1 Å². The molecule has 1 atom stereocenters. The maximum atomic E-state index is 3.41. The molecule has 1 saturated heterocycles. The first-order chi connectivity index (χ1) is 7.25. The minimum absolute atomic E-state index is 0.712. The van der Waals surface area contributed by atoms with E-state index in [1.54, 1.807) is 0 Å². The zero-order valence-corrected chi connectivity index (χ0v) is 11.2. The Bertz CT molecular complexity index is 304. The van der Waals surface area contributed by atoms with Crippen LogP contribution in [0.15, 0.2) is 24.3 Å². The molecule has 1 fully saturated rings. The number of likely N-dealkylation sites (N-methyl/N-ethyl adjacent to an activating group) is 1. The Hall–Kier alpha value is -0.130. The summed E-state index contributed by atoms with van der Waals surface area (Å²) in [6, 6.07) is 9.51. The lowest BCUT2D eigenvalue weighted by Gasteiger charge is -2.23.